The van der Waals surface area contributed by atoms with Crippen molar-refractivity contribution in [3.05, 3.63) is 34.9 Å². The molecule has 0 spiro atoms. The fraction of sp³-hybridized carbons (Fsp3) is 0.647. The minimum Gasteiger partial charge on any atom is -0.309 e. The lowest BCUT2D eigenvalue weighted by molar-refractivity contribution is 0.282. The third-order valence-electron chi connectivity index (χ3n) is 4.18. The summed E-state index contributed by atoms with van der Waals surface area (Å²) in [5.74, 6) is 0. The highest BCUT2D eigenvalue weighted by Gasteiger charge is 2.21. The van der Waals surface area contributed by atoms with E-state index in [1.807, 2.05) is 0 Å². The Morgan fingerprint density at radius 1 is 1.26 bits per heavy atom. The second kappa shape index (κ2) is 7.06. The molecule has 0 saturated heterocycles. The number of rotatable bonds is 7. The molecule has 0 fully saturated rings. The average molecular weight is 260 g/mol. The fourth-order valence-electron chi connectivity index (χ4n) is 3.07. The molecule has 2 nitrogen and oxygen atoms in total. The number of aryl methyl sites for hydroxylation is 2. The Hall–Kier alpha value is -0.860. The van der Waals surface area contributed by atoms with Gasteiger partial charge in [0.05, 0.1) is 0 Å². The fourth-order valence-corrected chi connectivity index (χ4v) is 3.07. The summed E-state index contributed by atoms with van der Waals surface area (Å²) in [5.41, 5.74) is 4.47. The van der Waals surface area contributed by atoms with Gasteiger partial charge in [0.25, 0.3) is 0 Å². The summed E-state index contributed by atoms with van der Waals surface area (Å²) in [6.45, 7) is 11.4. The molecule has 0 heterocycles. The molecule has 0 aliphatic heterocycles. The highest BCUT2D eigenvalue weighted by atomic mass is 15.1. The Morgan fingerprint density at radius 3 is 2.84 bits per heavy atom. The van der Waals surface area contributed by atoms with Crippen molar-refractivity contribution in [2.24, 2.45) is 0 Å². The Labute approximate surface area is 118 Å². The maximum Gasteiger partial charge on any atom is 0.0326 e. The zero-order valence-electron chi connectivity index (χ0n) is 12.7. The van der Waals surface area contributed by atoms with E-state index in [9.17, 15) is 0 Å². The van der Waals surface area contributed by atoms with E-state index in [-0.39, 0.29) is 0 Å². The van der Waals surface area contributed by atoms with Gasteiger partial charge in [0.15, 0.2) is 0 Å². The minimum atomic E-state index is 0.579. The second-order valence-electron chi connectivity index (χ2n) is 5.68. The molecule has 0 amide bonds. The zero-order valence-corrected chi connectivity index (χ0v) is 12.7. The third kappa shape index (κ3) is 3.80. The summed E-state index contributed by atoms with van der Waals surface area (Å²) in [6, 6.07) is 7.49. The molecule has 2 rings (SSSR count). The van der Waals surface area contributed by atoms with E-state index in [0.29, 0.717) is 6.04 Å². The predicted octanol–water partition coefficient (Wildman–Crippen LogP) is 3.30. The van der Waals surface area contributed by atoms with Crippen LogP contribution in [-0.4, -0.2) is 31.1 Å². The van der Waals surface area contributed by atoms with Crippen LogP contribution < -0.4 is 5.32 Å². The Kier molecular flexibility index (Phi) is 5.41. The summed E-state index contributed by atoms with van der Waals surface area (Å²) in [4.78, 5) is 2.53. The highest BCUT2D eigenvalue weighted by molar-refractivity contribution is 5.37. The van der Waals surface area contributed by atoms with Crippen molar-refractivity contribution >= 4 is 0 Å². The summed E-state index contributed by atoms with van der Waals surface area (Å²) in [5, 5.41) is 3.75. The molecule has 0 bridgehead atoms. The molecule has 1 aromatic carbocycles. The number of hydrogen-bond acceptors (Lipinski definition) is 2. The quantitative estimate of drug-likeness (QED) is 0.809. The van der Waals surface area contributed by atoms with Crippen molar-refractivity contribution in [1.82, 2.24) is 10.2 Å². The number of nitrogens with one attached hydrogen (secondary N) is 1. The van der Waals surface area contributed by atoms with Gasteiger partial charge in [-0.1, -0.05) is 37.6 Å². The maximum absolute atomic E-state index is 3.75. The molecule has 2 heteroatoms. The first-order chi connectivity index (χ1) is 9.24. The van der Waals surface area contributed by atoms with Crippen LogP contribution in [0.3, 0.4) is 0 Å². The highest BCUT2D eigenvalue weighted by Crippen LogP contribution is 2.31. The van der Waals surface area contributed by atoms with Crippen molar-refractivity contribution in [3.8, 4) is 0 Å². The van der Waals surface area contributed by atoms with Crippen LogP contribution >= 0.6 is 0 Å². The van der Waals surface area contributed by atoms with E-state index in [1.165, 1.54) is 37.9 Å². The van der Waals surface area contributed by atoms with E-state index in [1.54, 1.807) is 11.1 Å². The van der Waals surface area contributed by atoms with Crippen LogP contribution in [0.1, 0.15) is 49.4 Å². The third-order valence-corrected chi connectivity index (χ3v) is 4.18. The Morgan fingerprint density at radius 2 is 2.11 bits per heavy atom. The number of likely N-dealkylation sites (N-methyl/N-ethyl adjacent to an activating group) is 1. The van der Waals surface area contributed by atoms with Gasteiger partial charge >= 0.3 is 0 Å². The molecule has 1 atom stereocenters. The van der Waals surface area contributed by atoms with Gasteiger partial charge < -0.3 is 10.2 Å². The molecule has 1 aromatic rings. The molecule has 1 unspecified atom stereocenters. The first-order valence-corrected chi connectivity index (χ1v) is 7.79. The molecule has 0 saturated carbocycles. The van der Waals surface area contributed by atoms with Crippen LogP contribution in [0.5, 0.6) is 0 Å². The number of hydrogen-bond donors (Lipinski definition) is 1. The Balaban J connectivity index is 1.84. The van der Waals surface area contributed by atoms with Crippen LogP contribution in [0.4, 0.5) is 0 Å². The van der Waals surface area contributed by atoms with E-state index < -0.39 is 0 Å². The van der Waals surface area contributed by atoms with Gasteiger partial charge in [-0.15, -0.1) is 0 Å². The minimum absolute atomic E-state index is 0.579. The topological polar surface area (TPSA) is 15.3 Å². The Bertz CT molecular complexity index is 400. The van der Waals surface area contributed by atoms with Crippen LogP contribution in [-0.2, 0) is 6.42 Å². The van der Waals surface area contributed by atoms with Crippen LogP contribution in [0.15, 0.2) is 18.2 Å². The number of nitrogens with zero attached hydrogens (tertiary/aromatic N) is 1. The van der Waals surface area contributed by atoms with Crippen molar-refractivity contribution in [3.63, 3.8) is 0 Å². The average Bonchev–Trinajstić information content (AvgIpc) is 2.80. The van der Waals surface area contributed by atoms with Gasteiger partial charge in [-0.3, -0.25) is 0 Å². The summed E-state index contributed by atoms with van der Waals surface area (Å²) in [7, 11) is 0. The molecular weight excluding hydrogens is 232 g/mol. The van der Waals surface area contributed by atoms with Crippen molar-refractivity contribution in [2.75, 3.05) is 26.2 Å². The van der Waals surface area contributed by atoms with Crippen LogP contribution in [0.2, 0.25) is 0 Å². The maximum atomic E-state index is 3.75. The predicted molar refractivity (Wildman–Crippen MR) is 82.6 cm³/mol. The normalized spacial score (nSPS) is 18.0. The van der Waals surface area contributed by atoms with E-state index >= 15 is 0 Å². The first kappa shape index (κ1) is 14.5. The second-order valence-corrected chi connectivity index (χ2v) is 5.68. The van der Waals surface area contributed by atoms with Gasteiger partial charge in [-0.05, 0) is 50.4 Å². The van der Waals surface area contributed by atoms with Crippen molar-refractivity contribution in [1.29, 1.82) is 0 Å². The molecule has 0 radical (unpaired) electrons. The van der Waals surface area contributed by atoms with Crippen molar-refractivity contribution in [2.45, 2.75) is 46.1 Å². The lowest BCUT2D eigenvalue weighted by atomic mass is 10.1. The van der Waals surface area contributed by atoms with E-state index in [0.717, 1.165) is 13.1 Å². The number of benzene rings is 1. The largest absolute Gasteiger partial charge is 0.309 e. The van der Waals surface area contributed by atoms with Gasteiger partial charge in [0, 0.05) is 19.1 Å². The molecule has 0 aromatic heterocycles. The molecule has 1 N–H and O–H groups in total. The standard InChI is InChI=1S/C17H28N2/c1-4-11-19(5-2)12-10-18-17-9-8-15-7-6-14(3)13-16(15)17/h6-7,13,17-18H,4-5,8-12H2,1-3H3. The van der Waals surface area contributed by atoms with Gasteiger partial charge in [-0.25, -0.2) is 0 Å². The van der Waals surface area contributed by atoms with Crippen molar-refractivity contribution < 1.29 is 0 Å². The first-order valence-electron chi connectivity index (χ1n) is 7.79. The van der Waals surface area contributed by atoms with Crippen LogP contribution in [0.25, 0.3) is 0 Å². The lowest BCUT2D eigenvalue weighted by Gasteiger charge is -2.21. The molecule has 1 aliphatic rings. The molecule has 19 heavy (non-hydrogen) atoms. The van der Waals surface area contributed by atoms with E-state index in [2.05, 4.69) is 49.2 Å². The smallest absolute Gasteiger partial charge is 0.0326 e. The van der Waals surface area contributed by atoms with Gasteiger partial charge in [-0.2, -0.15) is 0 Å². The van der Waals surface area contributed by atoms with E-state index in [4.69, 9.17) is 0 Å². The van der Waals surface area contributed by atoms with Gasteiger partial charge in [0.1, 0.15) is 0 Å². The zero-order chi connectivity index (χ0) is 13.7. The SMILES string of the molecule is CCCN(CC)CCNC1CCc2ccc(C)cc21. The monoisotopic (exact) mass is 260 g/mol. The van der Waals surface area contributed by atoms with Crippen LogP contribution in [0, 0.1) is 6.92 Å². The summed E-state index contributed by atoms with van der Waals surface area (Å²) >= 11 is 0. The molecule has 106 valence electrons. The summed E-state index contributed by atoms with van der Waals surface area (Å²) in [6.07, 6.45) is 3.75. The molecule has 1 aliphatic carbocycles. The molecular formula is C17H28N2. The van der Waals surface area contributed by atoms with Gasteiger partial charge in [0.2, 0.25) is 0 Å². The lowest BCUT2D eigenvalue weighted by Crippen LogP contribution is -2.33. The number of fused-ring (bicyclic) bond motifs is 1. The summed E-state index contributed by atoms with van der Waals surface area (Å²) < 4.78 is 0.